The fourth-order valence-corrected chi connectivity index (χ4v) is 3.35. The Morgan fingerprint density at radius 2 is 1.86 bits per heavy atom. The lowest BCUT2D eigenvalue weighted by Gasteiger charge is -2.12. The molecule has 0 spiro atoms. The van der Waals surface area contributed by atoms with Gasteiger partial charge in [0.15, 0.2) is 23.0 Å². The molecule has 0 aliphatic carbocycles. The van der Waals surface area contributed by atoms with E-state index in [0.717, 1.165) is 11.8 Å². The number of rotatable bonds is 10. The zero-order valence-electron chi connectivity index (χ0n) is 19.6. The average Bonchev–Trinajstić information content (AvgIpc) is 3.39. The van der Waals surface area contributed by atoms with Crippen LogP contribution in [0.1, 0.15) is 21.5 Å². The Labute approximate surface area is 210 Å². The van der Waals surface area contributed by atoms with Gasteiger partial charge in [-0.15, -0.1) is 0 Å². The molecule has 37 heavy (non-hydrogen) atoms. The van der Waals surface area contributed by atoms with Crippen LogP contribution in [-0.2, 0) is 11.4 Å². The summed E-state index contributed by atoms with van der Waals surface area (Å²) in [7, 11) is 1.40. The molecule has 3 aromatic rings. The number of nitrogens with one attached hydrogen (secondary N) is 2. The number of nitrogens with zero attached hydrogens (tertiary/aromatic N) is 2. The van der Waals surface area contributed by atoms with Crippen LogP contribution in [0.2, 0.25) is 0 Å². The Balaban J connectivity index is 1.36. The molecule has 3 aromatic carbocycles. The molecule has 0 saturated carbocycles. The van der Waals surface area contributed by atoms with E-state index < -0.39 is 16.7 Å². The third-order valence-electron chi connectivity index (χ3n) is 5.18. The van der Waals surface area contributed by atoms with Crippen molar-refractivity contribution < 1.29 is 33.5 Å². The van der Waals surface area contributed by atoms with Gasteiger partial charge in [0.2, 0.25) is 6.79 Å². The van der Waals surface area contributed by atoms with Gasteiger partial charge in [0, 0.05) is 5.56 Å². The molecular weight excluding hydrogens is 484 g/mol. The standard InChI is InChI=1S/C25H22N4O8/c1-34-21-10-18(19(29(32)33)11-23(21)35-14-16-5-3-2-4-6-16)12-27-28-24(30)13-26-25(31)17-7-8-20-22(9-17)37-15-36-20/h2-12H,13-15H2,1H3,(H,26,31)(H,28,30). The van der Waals surface area contributed by atoms with Crippen LogP contribution >= 0.6 is 0 Å². The highest BCUT2D eigenvalue weighted by atomic mass is 16.7. The van der Waals surface area contributed by atoms with Crippen LogP contribution in [0, 0.1) is 10.1 Å². The molecule has 0 aromatic heterocycles. The van der Waals surface area contributed by atoms with Gasteiger partial charge in [0.05, 0.1) is 36.4 Å². The van der Waals surface area contributed by atoms with Crippen molar-refractivity contribution in [3.05, 3.63) is 87.5 Å². The molecule has 0 bridgehead atoms. The molecule has 0 saturated heterocycles. The molecule has 12 heteroatoms. The number of methoxy groups -OCH3 is 1. The monoisotopic (exact) mass is 506 g/mol. The minimum Gasteiger partial charge on any atom is -0.493 e. The first kappa shape index (κ1) is 25.0. The van der Waals surface area contributed by atoms with E-state index in [2.05, 4.69) is 15.8 Å². The second-order valence-corrected chi connectivity index (χ2v) is 7.64. The topological polar surface area (TPSA) is 151 Å². The summed E-state index contributed by atoms with van der Waals surface area (Å²) < 4.78 is 21.5. The van der Waals surface area contributed by atoms with Crippen molar-refractivity contribution in [1.29, 1.82) is 0 Å². The summed E-state index contributed by atoms with van der Waals surface area (Å²) in [6.45, 7) is -0.105. The normalized spacial score (nSPS) is 11.7. The summed E-state index contributed by atoms with van der Waals surface area (Å²) >= 11 is 0. The Bertz CT molecular complexity index is 1340. The van der Waals surface area contributed by atoms with E-state index in [4.69, 9.17) is 18.9 Å². The first-order valence-electron chi connectivity index (χ1n) is 11.0. The SMILES string of the molecule is COc1cc(C=NNC(=O)CNC(=O)c2ccc3c(c2)OCO3)c([N+](=O)[O-])cc1OCc1ccccc1. The second-order valence-electron chi connectivity index (χ2n) is 7.64. The number of hydrogen-bond acceptors (Lipinski definition) is 9. The molecule has 2 N–H and O–H groups in total. The Hall–Kier alpha value is -5.13. The van der Waals surface area contributed by atoms with Gasteiger partial charge in [0.1, 0.15) is 6.61 Å². The number of benzene rings is 3. The number of ether oxygens (including phenoxy) is 4. The summed E-state index contributed by atoms with van der Waals surface area (Å²) in [5.74, 6) is 0.280. The maximum atomic E-state index is 12.3. The molecule has 12 nitrogen and oxygen atoms in total. The number of carbonyl (C=O) groups excluding carboxylic acids is 2. The number of hydrogen-bond donors (Lipinski definition) is 2. The highest BCUT2D eigenvalue weighted by Crippen LogP contribution is 2.35. The van der Waals surface area contributed by atoms with Crippen LogP contribution in [0.3, 0.4) is 0 Å². The number of nitro groups is 1. The molecule has 1 aliphatic heterocycles. The van der Waals surface area contributed by atoms with Crippen LogP contribution in [0.25, 0.3) is 0 Å². The van der Waals surface area contributed by atoms with Crippen LogP contribution in [0.15, 0.2) is 65.8 Å². The maximum absolute atomic E-state index is 12.3. The van der Waals surface area contributed by atoms with Crippen LogP contribution in [0.4, 0.5) is 5.69 Å². The van der Waals surface area contributed by atoms with Crippen molar-refractivity contribution in [2.75, 3.05) is 20.4 Å². The Kier molecular flexibility index (Phi) is 7.79. The summed E-state index contributed by atoms with van der Waals surface area (Å²) in [5.41, 5.74) is 3.18. The van der Waals surface area contributed by atoms with E-state index in [1.165, 1.54) is 25.3 Å². The largest absolute Gasteiger partial charge is 0.493 e. The van der Waals surface area contributed by atoms with Crippen LogP contribution < -0.4 is 29.7 Å². The van der Waals surface area contributed by atoms with Crippen molar-refractivity contribution in [3.8, 4) is 23.0 Å². The number of nitro benzene ring substituents is 1. The quantitative estimate of drug-likeness (QED) is 0.242. The third kappa shape index (κ3) is 6.31. The van der Waals surface area contributed by atoms with E-state index in [9.17, 15) is 19.7 Å². The molecule has 0 fully saturated rings. The first-order valence-corrected chi connectivity index (χ1v) is 11.0. The van der Waals surface area contributed by atoms with Crippen molar-refractivity contribution in [1.82, 2.24) is 10.7 Å². The zero-order chi connectivity index (χ0) is 26.2. The fraction of sp³-hybridized carbons (Fsp3) is 0.160. The predicted molar refractivity (Wildman–Crippen MR) is 131 cm³/mol. The number of amides is 2. The Morgan fingerprint density at radius 1 is 1.08 bits per heavy atom. The van der Waals surface area contributed by atoms with Crippen molar-refractivity contribution in [2.45, 2.75) is 6.61 Å². The van der Waals surface area contributed by atoms with E-state index in [1.54, 1.807) is 12.1 Å². The lowest BCUT2D eigenvalue weighted by Crippen LogP contribution is -2.34. The fourth-order valence-electron chi connectivity index (χ4n) is 3.35. The predicted octanol–water partition coefficient (Wildman–Crippen LogP) is 2.79. The van der Waals surface area contributed by atoms with Gasteiger partial charge in [-0.3, -0.25) is 19.7 Å². The Morgan fingerprint density at radius 3 is 2.62 bits per heavy atom. The smallest absolute Gasteiger partial charge is 0.282 e. The highest BCUT2D eigenvalue weighted by Gasteiger charge is 2.20. The molecule has 2 amide bonds. The number of fused-ring (bicyclic) bond motifs is 1. The van der Waals surface area contributed by atoms with E-state index in [0.29, 0.717) is 11.5 Å². The van der Waals surface area contributed by atoms with Gasteiger partial charge in [-0.2, -0.15) is 5.10 Å². The number of carbonyl (C=O) groups is 2. The highest BCUT2D eigenvalue weighted by molar-refractivity contribution is 5.97. The summed E-state index contributed by atoms with van der Waals surface area (Å²) in [6, 6.07) is 16.6. The van der Waals surface area contributed by atoms with E-state index >= 15 is 0 Å². The second kappa shape index (κ2) is 11.5. The average molecular weight is 506 g/mol. The molecule has 4 rings (SSSR count). The first-order chi connectivity index (χ1) is 17.9. The van der Waals surface area contributed by atoms with Crippen molar-refractivity contribution in [3.63, 3.8) is 0 Å². The maximum Gasteiger partial charge on any atom is 0.282 e. The van der Waals surface area contributed by atoms with Crippen molar-refractivity contribution in [2.24, 2.45) is 5.10 Å². The van der Waals surface area contributed by atoms with Crippen molar-refractivity contribution >= 4 is 23.7 Å². The molecule has 190 valence electrons. The van der Waals surface area contributed by atoms with Gasteiger partial charge in [-0.1, -0.05) is 30.3 Å². The summed E-state index contributed by atoms with van der Waals surface area (Å²) in [5, 5.41) is 17.8. The molecule has 1 aliphatic rings. The molecule has 0 atom stereocenters. The number of hydrazone groups is 1. The molecule has 0 radical (unpaired) electrons. The minimum atomic E-state index is -0.636. The zero-order valence-corrected chi connectivity index (χ0v) is 19.6. The molecular formula is C25H22N4O8. The van der Waals surface area contributed by atoms with Gasteiger partial charge in [0.25, 0.3) is 17.5 Å². The summed E-state index contributed by atoms with van der Waals surface area (Å²) in [6.07, 6.45) is 1.11. The van der Waals surface area contributed by atoms with Gasteiger partial charge in [-0.25, -0.2) is 5.43 Å². The third-order valence-corrected chi connectivity index (χ3v) is 5.18. The van der Waals surface area contributed by atoms with Crippen LogP contribution in [-0.4, -0.2) is 43.4 Å². The van der Waals surface area contributed by atoms with E-state index in [-0.39, 0.29) is 48.3 Å². The van der Waals surface area contributed by atoms with Crippen LogP contribution in [0.5, 0.6) is 23.0 Å². The minimum absolute atomic E-state index is 0.0777. The summed E-state index contributed by atoms with van der Waals surface area (Å²) in [4.78, 5) is 35.4. The molecule has 1 heterocycles. The van der Waals surface area contributed by atoms with E-state index in [1.807, 2.05) is 30.3 Å². The lowest BCUT2D eigenvalue weighted by atomic mass is 10.1. The molecule has 0 unspecified atom stereocenters. The lowest BCUT2D eigenvalue weighted by molar-refractivity contribution is -0.385. The van der Waals surface area contributed by atoms with Gasteiger partial charge in [-0.05, 0) is 29.8 Å². The van der Waals surface area contributed by atoms with Gasteiger partial charge < -0.3 is 24.3 Å². The van der Waals surface area contributed by atoms with Gasteiger partial charge >= 0.3 is 0 Å².